The molecule has 1 aliphatic heterocycles. The molecule has 1 aliphatic rings. The fraction of sp³-hybridized carbons (Fsp3) is 0.353. The van der Waals surface area contributed by atoms with Crippen molar-refractivity contribution < 1.29 is 13.2 Å². The molecule has 1 unspecified atom stereocenters. The van der Waals surface area contributed by atoms with Crippen LogP contribution in [0.15, 0.2) is 45.1 Å². The van der Waals surface area contributed by atoms with Gasteiger partial charge >= 0.3 is 0 Å². The van der Waals surface area contributed by atoms with E-state index in [1.54, 1.807) is 12.1 Å². The fourth-order valence-corrected chi connectivity index (χ4v) is 6.15. The molecule has 26 heavy (non-hydrogen) atoms. The Morgan fingerprint density at radius 3 is 2.65 bits per heavy atom. The second kappa shape index (κ2) is 8.39. The molecule has 0 aliphatic carbocycles. The number of carbonyl (C=O) groups excluding carboxylic acids is 1. The number of nitrogens with zero attached hydrogens (tertiary/aromatic N) is 1. The number of benzene rings is 1. The Labute approximate surface area is 170 Å². The maximum Gasteiger partial charge on any atom is 0.244 e. The minimum Gasteiger partial charge on any atom is -0.355 e. The van der Waals surface area contributed by atoms with Crippen LogP contribution in [-0.4, -0.2) is 31.2 Å². The lowest BCUT2D eigenvalue weighted by molar-refractivity contribution is -0.124. The molecule has 1 saturated heterocycles. The van der Waals surface area contributed by atoms with E-state index in [2.05, 4.69) is 21.2 Å². The maximum absolute atomic E-state index is 13.3. The molecule has 2 aromatic rings. The van der Waals surface area contributed by atoms with Gasteiger partial charge in [-0.05, 0) is 65.5 Å². The van der Waals surface area contributed by atoms with Gasteiger partial charge in [0.15, 0.2) is 0 Å². The van der Waals surface area contributed by atoms with Gasteiger partial charge in [0.25, 0.3) is 0 Å². The third-order valence-corrected chi connectivity index (χ3v) is 8.01. The van der Waals surface area contributed by atoms with Crippen molar-refractivity contribution in [1.82, 2.24) is 9.62 Å². The summed E-state index contributed by atoms with van der Waals surface area (Å²) in [6, 6.07) is 7.19. The monoisotopic (exact) mass is 476 g/mol. The number of carbonyl (C=O) groups is 1. The average molecular weight is 478 g/mol. The SMILES string of the molecule is O=C1NCCCCC1N(Cc1cc(Br)cs1)S(=O)(=O)c1ccc(Cl)cc1. The second-order valence-electron chi connectivity index (χ2n) is 6.04. The summed E-state index contributed by atoms with van der Waals surface area (Å²) in [6.45, 7) is 0.730. The maximum atomic E-state index is 13.3. The van der Waals surface area contributed by atoms with Crippen LogP contribution in [0, 0.1) is 0 Å². The van der Waals surface area contributed by atoms with Gasteiger partial charge in [-0.1, -0.05) is 11.6 Å². The first-order valence-electron chi connectivity index (χ1n) is 8.16. The van der Waals surface area contributed by atoms with Crippen LogP contribution in [0.25, 0.3) is 0 Å². The van der Waals surface area contributed by atoms with Crippen LogP contribution in [0.5, 0.6) is 0 Å². The van der Waals surface area contributed by atoms with Crippen LogP contribution in [-0.2, 0) is 21.4 Å². The van der Waals surface area contributed by atoms with Crippen molar-refractivity contribution in [2.45, 2.75) is 36.7 Å². The predicted octanol–water partition coefficient (Wildman–Crippen LogP) is 4.02. The highest BCUT2D eigenvalue weighted by Crippen LogP contribution is 2.28. The van der Waals surface area contributed by atoms with Gasteiger partial charge in [0.1, 0.15) is 6.04 Å². The molecule has 5 nitrogen and oxygen atoms in total. The van der Waals surface area contributed by atoms with Crippen molar-refractivity contribution in [1.29, 1.82) is 0 Å². The van der Waals surface area contributed by atoms with Crippen LogP contribution in [0.1, 0.15) is 24.1 Å². The Morgan fingerprint density at radius 2 is 2.00 bits per heavy atom. The quantitative estimate of drug-likeness (QED) is 0.707. The Balaban J connectivity index is 2.00. The van der Waals surface area contributed by atoms with Gasteiger partial charge < -0.3 is 5.32 Å². The van der Waals surface area contributed by atoms with Crippen molar-refractivity contribution in [3.8, 4) is 0 Å². The lowest BCUT2D eigenvalue weighted by atomic mass is 10.1. The van der Waals surface area contributed by atoms with E-state index in [0.717, 1.165) is 22.2 Å². The van der Waals surface area contributed by atoms with E-state index >= 15 is 0 Å². The smallest absolute Gasteiger partial charge is 0.244 e. The summed E-state index contributed by atoms with van der Waals surface area (Å²) in [6.07, 6.45) is 2.15. The van der Waals surface area contributed by atoms with E-state index in [1.807, 2.05) is 11.4 Å². The molecule has 1 aromatic heterocycles. The summed E-state index contributed by atoms with van der Waals surface area (Å²) in [5.41, 5.74) is 0. The first-order chi connectivity index (χ1) is 12.4. The van der Waals surface area contributed by atoms with E-state index < -0.39 is 16.1 Å². The number of sulfonamides is 1. The van der Waals surface area contributed by atoms with Gasteiger partial charge in [-0.25, -0.2) is 8.42 Å². The lowest BCUT2D eigenvalue weighted by Crippen LogP contribution is -2.48. The minimum atomic E-state index is -3.85. The zero-order valence-corrected chi connectivity index (χ0v) is 17.8. The van der Waals surface area contributed by atoms with Crippen LogP contribution in [0.3, 0.4) is 0 Å². The first-order valence-corrected chi connectivity index (χ1v) is 11.6. The van der Waals surface area contributed by atoms with E-state index in [4.69, 9.17) is 11.6 Å². The summed E-state index contributed by atoms with van der Waals surface area (Å²) in [4.78, 5) is 13.5. The largest absolute Gasteiger partial charge is 0.355 e. The molecule has 140 valence electrons. The number of nitrogens with one attached hydrogen (secondary N) is 1. The zero-order valence-electron chi connectivity index (χ0n) is 13.8. The summed E-state index contributed by atoms with van der Waals surface area (Å²) < 4.78 is 28.8. The van der Waals surface area contributed by atoms with Crippen molar-refractivity contribution in [2.75, 3.05) is 6.54 Å². The van der Waals surface area contributed by atoms with Crippen molar-refractivity contribution in [3.63, 3.8) is 0 Å². The van der Waals surface area contributed by atoms with Crippen molar-refractivity contribution >= 4 is 54.8 Å². The molecular formula is C17H18BrClN2O3S2. The van der Waals surface area contributed by atoms with E-state index in [0.29, 0.717) is 18.0 Å². The normalized spacial score (nSPS) is 18.6. The molecule has 2 heterocycles. The lowest BCUT2D eigenvalue weighted by Gasteiger charge is -2.28. The van der Waals surface area contributed by atoms with Crippen LogP contribution < -0.4 is 5.32 Å². The summed E-state index contributed by atoms with van der Waals surface area (Å²) in [7, 11) is -3.85. The molecule has 3 rings (SSSR count). The number of thiophene rings is 1. The van der Waals surface area contributed by atoms with Gasteiger partial charge in [-0.2, -0.15) is 4.31 Å². The minimum absolute atomic E-state index is 0.134. The molecule has 0 spiro atoms. The van der Waals surface area contributed by atoms with Crippen molar-refractivity contribution in [3.05, 3.63) is 50.1 Å². The Kier molecular flexibility index (Phi) is 6.40. The van der Waals surface area contributed by atoms with E-state index in [-0.39, 0.29) is 17.3 Å². The highest BCUT2D eigenvalue weighted by molar-refractivity contribution is 9.10. The summed E-state index contributed by atoms with van der Waals surface area (Å²) in [5, 5.41) is 5.19. The van der Waals surface area contributed by atoms with Crippen molar-refractivity contribution in [2.24, 2.45) is 0 Å². The number of halogens is 2. The molecule has 1 N–H and O–H groups in total. The highest BCUT2D eigenvalue weighted by Gasteiger charge is 2.36. The molecule has 0 bridgehead atoms. The van der Waals surface area contributed by atoms with E-state index in [9.17, 15) is 13.2 Å². The van der Waals surface area contributed by atoms with Crippen LogP contribution in [0.2, 0.25) is 5.02 Å². The second-order valence-corrected chi connectivity index (χ2v) is 10.3. The molecule has 1 fully saturated rings. The molecule has 9 heteroatoms. The number of amides is 1. The van der Waals surface area contributed by atoms with Gasteiger partial charge in [0, 0.05) is 32.8 Å². The number of hydrogen-bond acceptors (Lipinski definition) is 4. The number of rotatable bonds is 5. The average Bonchev–Trinajstić information content (AvgIpc) is 2.89. The third kappa shape index (κ3) is 4.48. The standard InChI is InChI=1S/C17H18BrClN2O3S2/c18-12-9-14(25-11-12)10-21(16-3-1-2-8-20-17(16)22)26(23,24)15-6-4-13(19)5-7-15/h4-7,9,11,16H,1-3,8,10H2,(H,20,22). The van der Waals surface area contributed by atoms with Gasteiger partial charge in [0.2, 0.25) is 15.9 Å². The molecule has 1 atom stereocenters. The topological polar surface area (TPSA) is 66.5 Å². The number of hydrogen-bond donors (Lipinski definition) is 1. The molecule has 0 radical (unpaired) electrons. The Bertz CT molecular complexity index is 884. The van der Waals surface area contributed by atoms with Crippen LogP contribution in [0.4, 0.5) is 0 Å². The summed E-state index contributed by atoms with van der Waals surface area (Å²) in [5.74, 6) is -0.240. The van der Waals surface area contributed by atoms with Crippen LogP contribution >= 0.6 is 38.9 Å². The van der Waals surface area contributed by atoms with Gasteiger partial charge in [-0.15, -0.1) is 11.3 Å². The zero-order chi connectivity index (χ0) is 18.7. The Hall–Kier alpha value is -0.930. The molecule has 1 aromatic carbocycles. The third-order valence-electron chi connectivity index (χ3n) is 4.21. The first kappa shape index (κ1) is 19.8. The molecule has 0 saturated carbocycles. The Morgan fingerprint density at radius 1 is 1.27 bits per heavy atom. The fourth-order valence-electron chi connectivity index (χ4n) is 2.89. The van der Waals surface area contributed by atoms with Gasteiger partial charge in [-0.3, -0.25) is 4.79 Å². The van der Waals surface area contributed by atoms with Gasteiger partial charge in [0.05, 0.1) is 4.90 Å². The van der Waals surface area contributed by atoms with E-state index in [1.165, 1.54) is 27.8 Å². The molecule has 1 amide bonds. The summed E-state index contributed by atoms with van der Waals surface area (Å²) >= 11 is 10.7. The predicted molar refractivity (Wildman–Crippen MR) is 107 cm³/mol. The highest BCUT2D eigenvalue weighted by atomic mass is 79.9. The molecular weight excluding hydrogens is 460 g/mol.